The van der Waals surface area contributed by atoms with Crippen LogP contribution in [0.2, 0.25) is 0 Å². The van der Waals surface area contributed by atoms with Crippen LogP contribution in [0, 0.1) is 0 Å². The van der Waals surface area contributed by atoms with Crippen LogP contribution in [0.4, 0.5) is 0 Å². The summed E-state index contributed by atoms with van der Waals surface area (Å²) in [6, 6.07) is 0. The molecule has 2 aliphatic carbocycles. The quantitative estimate of drug-likeness (QED) is 0.761. The van der Waals surface area contributed by atoms with E-state index in [1.54, 1.807) is 0 Å². The molecule has 18 heavy (non-hydrogen) atoms. The summed E-state index contributed by atoms with van der Waals surface area (Å²) < 4.78 is 0. The van der Waals surface area contributed by atoms with Gasteiger partial charge in [0.15, 0.2) is 0 Å². The van der Waals surface area contributed by atoms with Gasteiger partial charge in [-0.25, -0.2) is 0 Å². The van der Waals surface area contributed by atoms with E-state index in [4.69, 9.17) is 9.97 Å². The third-order valence-electron chi connectivity index (χ3n) is 4.74. The Morgan fingerprint density at radius 2 is 1.00 bits per heavy atom. The van der Waals surface area contributed by atoms with Crippen LogP contribution in [0.5, 0.6) is 0 Å². The molecule has 0 aromatic carbocycles. The molecule has 0 unspecified atom stereocenters. The third kappa shape index (κ3) is 2.57. The Balaban J connectivity index is 1.83. The molecule has 3 rings (SSSR count). The fourth-order valence-corrected chi connectivity index (χ4v) is 3.74. The molecule has 1 aromatic heterocycles. The molecule has 0 radical (unpaired) electrons. The fraction of sp³-hybridized carbons (Fsp3) is 0.750. The molecule has 2 nitrogen and oxygen atoms in total. The highest BCUT2D eigenvalue weighted by atomic mass is 14.8. The highest BCUT2D eigenvalue weighted by molar-refractivity contribution is 5.21. The molecule has 0 saturated heterocycles. The van der Waals surface area contributed by atoms with Crippen molar-refractivity contribution < 1.29 is 0 Å². The number of aromatic nitrogens is 2. The first kappa shape index (κ1) is 12.1. The lowest BCUT2D eigenvalue weighted by Gasteiger charge is -2.27. The van der Waals surface area contributed by atoms with Gasteiger partial charge in [-0.15, -0.1) is 0 Å². The summed E-state index contributed by atoms with van der Waals surface area (Å²) >= 11 is 0. The Kier molecular flexibility index (Phi) is 3.92. The Labute approximate surface area is 110 Å². The van der Waals surface area contributed by atoms with Gasteiger partial charge in [0.05, 0.1) is 11.4 Å². The first-order chi connectivity index (χ1) is 8.95. The Hall–Kier alpha value is -0.920. The van der Waals surface area contributed by atoms with Crippen molar-refractivity contribution >= 4 is 0 Å². The standard InChI is InChI=1S/C16H24N2/c1-3-7-13(8-4-1)15-16(18-12-11-17-15)14-9-5-2-6-10-14/h11-14H,1-10H2. The van der Waals surface area contributed by atoms with E-state index < -0.39 is 0 Å². The van der Waals surface area contributed by atoms with Gasteiger partial charge in [0.2, 0.25) is 0 Å². The van der Waals surface area contributed by atoms with Crippen molar-refractivity contribution in [2.45, 2.75) is 76.0 Å². The lowest BCUT2D eigenvalue weighted by atomic mass is 9.80. The normalized spacial score (nSPS) is 23.1. The highest BCUT2D eigenvalue weighted by Crippen LogP contribution is 2.38. The summed E-state index contributed by atoms with van der Waals surface area (Å²) in [5.74, 6) is 1.40. The summed E-state index contributed by atoms with van der Waals surface area (Å²) in [7, 11) is 0. The minimum atomic E-state index is 0.698. The molecule has 98 valence electrons. The topological polar surface area (TPSA) is 25.8 Å². The van der Waals surface area contributed by atoms with Gasteiger partial charge in [0.25, 0.3) is 0 Å². The van der Waals surface area contributed by atoms with E-state index in [-0.39, 0.29) is 0 Å². The molecule has 2 heteroatoms. The monoisotopic (exact) mass is 244 g/mol. The van der Waals surface area contributed by atoms with Crippen LogP contribution in [0.25, 0.3) is 0 Å². The van der Waals surface area contributed by atoms with E-state index in [1.807, 2.05) is 12.4 Å². The van der Waals surface area contributed by atoms with E-state index in [1.165, 1.54) is 75.6 Å². The number of nitrogens with zero attached hydrogens (tertiary/aromatic N) is 2. The van der Waals surface area contributed by atoms with Crippen molar-refractivity contribution in [1.82, 2.24) is 9.97 Å². The maximum absolute atomic E-state index is 4.72. The lowest BCUT2D eigenvalue weighted by Crippen LogP contribution is -2.15. The van der Waals surface area contributed by atoms with Crippen LogP contribution < -0.4 is 0 Å². The first-order valence-corrected chi connectivity index (χ1v) is 7.76. The summed E-state index contributed by atoms with van der Waals surface area (Å²) in [6.45, 7) is 0. The summed E-state index contributed by atoms with van der Waals surface area (Å²) in [5.41, 5.74) is 2.70. The zero-order chi connectivity index (χ0) is 12.2. The van der Waals surface area contributed by atoms with Crippen molar-refractivity contribution in [3.63, 3.8) is 0 Å². The van der Waals surface area contributed by atoms with E-state index in [0.717, 1.165) is 0 Å². The van der Waals surface area contributed by atoms with Gasteiger partial charge in [-0.2, -0.15) is 0 Å². The molecular weight excluding hydrogens is 220 g/mol. The zero-order valence-corrected chi connectivity index (χ0v) is 11.3. The van der Waals surface area contributed by atoms with Crippen molar-refractivity contribution in [2.24, 2.45) is 0 Å². The predicted octanol–water partition coefficient (Wildman–Crippen LogP) is 4.57. The second kappa shape index (κ2) is 5.81. The predicted molar refractivity (Wildman–Crippen MR) is 73.7 cm³/mol. The van der Waals surface area contributed by atoms with Gasteiger partial charge in [-0.3, -0.25) is 9.97 Å². The average Bonchev–Trinajstić information content (AvgIpc) is 2.49. The van der Waals surface area contributed by atoms with Gasteiger partial charge >= 0.3 is 0 Å². The second-order valence-corrected chi connectivity index (χ2v) is 6.00. The molecular formula is C16H24N2. The van der Waals surface area contributed by atoms with Gasteiger partial charge < -0.3 is 0 Å². The van der Waals surface area contributed by atoms with Crippen molar-refractivity contribution in [3.8, 4) is 0 Å². The fourth-order valence-electron chi connectivity index (χ4n) is 3.74. The van der Waals surface area contributed by atoms with Crippen molar-refractivity contribution in [1.29, 1.82) is 0 Å². The molecule has 0 spiro atoms. The molecule has 1 heterocycles. The number of rotatable bonds is 2. The van der Waals surface area contributed by atoms with Crippen LogP contribution in [0.15, 0.2) is 12.4 Å². The second-order valence-electron chi connectivity index (χ2n) is 6.00. The largest absolute Gasteiger partial charge is 0.257 e. The van der Waals surface area contributed by atoms with Crippen LogP contribution in [0.3, 0.4) is 0 Å². The van der Waals surface area contributed by atoms with Gasteiger partial charge in [0, 0.05) is 24.2 Å². The lowest BCUT2D eigenvalue weighted by molar-refractivity contribution is 0.406. The average molecular weight is 244 g/mol. The van der Waals surface area contributed by atoms with E-state index in [0.29, 0.717) is 11.8 Å². The van der Waals surface area contributed by atoms with Crippen LogP contribution >= 0.6 is 0 Å². The minimum Gasteiger partial charge on any atom is -0.257 e. The van der Waals surface area contributed by atoms with Crippen LogP contribution in [-0.2, 0) is 0 Å². The van der Waals surface area contributed by atoms with Gasteiger partial charge in [0.1, 0.15) is 0 Å². The molecule has 0 bridgehead atoms. The first-order valence-electron chi connectivity index (χ1n) is 7.76. The van der Waals surface area contributed by atoms with Crippen molar-refractivity contribution in [2.75, 3.05) is 0 Å². The molecule has 2 aliphatic rings. The Bertz CT molecular complexity index is 339. The van der Waals surface area contributed by atoms with E-state index in [9.17, 15) is 0 Å². The van der Waals surface area contributed by atoms with Crippen LogP contribution in [0.1, 0.15) is 87.4 Å². The van der Waals surface area contributed by atoms with Crippen LogP contribution in [-0.4, -0.2) is 9.97 Å². The molecule has 0 aliphatic heterocycles. The molecule has 0 amide bonds. The van der Waals surface area contributed by atoms with Gasteiger partial charge in [-0.1, -0.05) is 38.5 Å². The Morgan fingerprint density at radius 3 is 1.39 bits per heavy atom. The maximum Gasteiger partial charge on any atom is 0.0652 e. The highest BCUT2D eigenvalue weighted by Gasteiger charge is 2.25. The molecule has 0 atom stereocenters. The molecule has 2 saturated carbocycles. The number of hydrogen-bond donors (Lipinski definition) is 0. The molecule has 1 aromatic rings. The third-order valence-corrected chi connectivity index (χ3v) is 4.74. The van der Waals surface area contributed by atoms with E-state index >= 15 is 0 Å². The maximum atomic E-state index is 4.72. The minimum absolute atomic E-state index is 0.698. The Morgan fingerprint density at radius 1 is 0.611 bits per heavy atom. The molecule has 0 N–H and O–H groups in total. The summed E-state index contributed by atoms with van der Waals surface area (Å²) in [6.07, 6.45) is 17.5. The smallest absolute Gasteiger partial charge is 0.0652 e. The zero-order valence-electron chi connectivity index (χ0n) is 11.3. The molecule has 2 fully saturated rings. The summed E-state index contributed by atoms with van der Waals surface area (Å²) in [4.78, 5) is 9.43. The van der Waals surface area contributed by atoms with Gasteiger partial charge in [-0.05, 0) is 25.7 Å². The summed E-state index contributed by atoms with van der Waals surface area (Å²) in [5, 5.41) is 0. The SMILES string of the molecule is c1cnc(C2CCCCC2)c(C2CCCCC2)n1. The van der Waals surface area contributed by atoms with E-state index in [2.05, 4.69) is 0 Å². The number of hydrogen-bond acceptors (Lipinski definition) is 2. The van der Waals surface area contributed by atoms with Crippen molar-refractivity contribution in [3.05, 3.63) is 23.8 Å².